The number of benzene rings is 1. The first-order chi connectivity index (χ1) is 10.4. The summed E-state index contributed by atoms with van der Waals surface area (Å²) in [6.07, 6.45) is 1.02. The van der Waals surface area contributed by atoms with E-state index in [1.54, 1.807) is 0 Å². The van der Waals surface area contributed by atoms with Gasteiger partial charge in [0, 0.05) is 24.0 Å². The summed E-state index contributed by atoms with van der Waals surface area (Å²) >= 11 is 0. The van der Waals surface area contributed by atoms with Gasteiger partial charge in [0.25, 0.3) is 5.56 Å². The SMILES string of the molecule is O=C(Cn1cc(C(=O)O)ccc1=O)Nc1ccc(F)c(F)c1. The molecule has 0 bridgehead atoms. The second kappa shape index (κ2) is 6.17. The van der Waals surface area contributed by atoms with Gasteiger partial charge in [-0.2, -0.15) is 0 Å². The summed E-state index contributed by atoms with van der Waals surface area (Å²) in [5.41, 5.74) is -0.697. The molecule has 1 heterocycles. The van der Waals surface area contributed by atoms with E-state index in [9.17, 15) is 23.2 Å². The average Bonchev–Trinajstić information content (AvgIpc) is 2.45. The molecular formula is C14H10F2N2O4. The predicted octanol–water partition coefficient (Wildman–Crippen LogP) is 1.46. The Kier molecular flexibility index (Phi) is 4.31. The number of hydrogen-bond donors (Lipinski definition) is 2. The molecule has 0 fully saturated rings. The maximum Gasteiger partial charge on any atom is 0.337 e. The number of nitrogens with one attached hydrogen (secondary N) is 1. The summed E-state index contributed by atoms with van der Waals surface area (Å²) < 4.78 is 26.7. The molecular weight excluding hydrogens is 298 g/mol. The molecule has 1 aromatic carbocycles. The Morgan fingerprint density at radius 3 is 2.50 bits per heavy atom. The van der Waals surface area contributed by atoms with Crippen LogP contribution in [0, 0.1) is 11.6 Å². The number of halogens is 2. The second-order valence-electron chi connectivity index (χ2n) is 4.37. The Balaban J connectivity index is 2.15. The highest BCUT2D eigenvalue weighted by Crippen LogP contribution is 2.13. The smallest absolute Gasteiger partial charge is 0.337 e. The summed E-state index contributed by atoms with van der Waals surface area (Å²) in [4.78, 5) is 34.2. The fraction of sp³-hybridized carbons (Fsp3) is 0.0714. The van der Waals surface area contributed by atoms with Crippen LogP contribution < -0.4 is 10.9 Å². The Morgan fingerprint density at radius 1 is 1.14 bits per heavy atom. The van der Waals surface area contributed by atoms with Crippen molar-refractivity contribution in [2.45, 2.75) is 6.54 Å². The van der Waals surface area contributed by atoms with Crippen LogP contribution in [0.5, 0.6) is 0 Å². The van der Waals surface area contributed by atoms with E-state index < -0.39 is 35.6 Å². The molecule has 0 saturated carbocycles. The van der Waals surface area contributed by atoms with Gasteiger partial charge in [-0.25, -0.2) is 13.6 Å². The number of carboxylic acid groups (broad SMARTS) is 1. The number of nitrogens with zero attached hydrogens (tertiary/aromatic N) is 1. The second-order valence-corrected chi connectivity index (χ2v) is 4.37. The highest BCUT2D eigenvalue weighted by Gasteiger charge is 2.10. The average molecular weight is 308 g/mol. The summed E-state index contributed by atoms with van der Waals surface area (Å²) in [7, 11) is 0. The van der Waals surface area contributed by atoms with Crippen molar-refractivity contribution in [2.24, 2.45) is 0 Å². The minimum absolute atomic E-state index is 0.0198. The molecule has 0 aliphatic carbocycles. The van der Waals surface area contributed by atoms with E-state index in [1.807, 2.05) is 0 Å². The molecule has 114 valence electrons. The van der Waals surface area contributed by atoms with Gasteiger partial charge in [0.1, 0.15) is 6.54 Å². The number of pyridine rings is 1. The largest absolute Gasteiger partial charge is 0.478 e. The van der Waals surface area contributed by atoms with Gasteiger partial charge < -0.3 is 15.0 Å². The molecule has 8 heteroatoms. The molecule has 6 nitrogen and oxygen atoms in total. The fourth-order valence-electron chi connectivity index (χ4n) is 1.71. The summed E-state index contributed by atoms with van der Waals surface area (Å²) in [6, 6.07) is 4.95. The Morgan fingerprint density at radius 2 is 1.86 bits per heavy atom. The molecule has 0 aliphatic rings. The van der Waals surface area contributed by atoms with Crippen molar-refractivity contribution in [1.82, 2.24) is 4.57 Å². The van der Waals surface area contributed by atoms with Crippen molar-refractivity contribution < 1.29 is 23.5 Å². The van der Waals surface area contributed by atoms with Crippen molar-refractivity contribution in [3.63, 3.8) is 0 Å². The molecule has 0 radical (unpaired) electrons. The lowest BCUT2D eigenvalue weighted by molar-refractivity contribution is -0.116. The van der Waals surface area contributed by atoms with E-state index in [-0.39, 0.29) is 11.3 Å². The highest BCUT2D eigenvalue weighted by molar-refractivity contribution is 5.91. The van der Waals surface area contributed by atoms with Crippen molar-refractivity contribution in [1.29, 1.82) is 0 Å². The van der Waals surface area contributed by atoms with Gasteiger partial charge in [0.2, 0.25) is 5.91 Å². The first-order valence-electron chi connectivity index (χ1n) is 6.05. The van der Waals surface area contributed by atoms with E-state index in [0.717, 1.165) is 41.1 Å². The zero-order valence-electron chi connectivity index (χ0n) is 11.0. The fourth-order valence-corrected chi connectivity index (χ4v) is 1.71. The number of carbonyl (C=O) groups is 2. The number of carbonyl (C=O) groups excluding carboxylic acids is 1. The topological polar surface area (TPSA) is 88.4 Å². The maximum atomic E-state index is 13.0. The minimum Gasteiger partial charge on any atom is -0.478 e. The van der Waals surface area contributed by atoms with Crippen LogP contribution in [0.4, 0.5) is 14.5 Å². The van der Waals surface area contributed by atoms with Gasteiger partial charge in [0.05, 0.1) is 5.56 Å². The standard InChI is InChI=1S/C14H10F2N2O4/c15-10-3-2-9(5-11(10)16)17-12(19)7-18-6-8(14(21)22)1-4-13(18)20/h1-6H,7H2,(H,17,19)(H,21,22). The first-order valence-corrected chi connectivity index (χ1v) is 6.05. The normalized spacial score (nSPS) is 10.3. The number of rotatable bonds is 4. The van der Waals surface area contributed by atoms with E-state index in [1.165, 1.54) is 0 Å². The maximum absolute atomic E-state index is 13.0. The minimum atomic E-state index is -1.24. The highest BCUT2D eigenvalue weighted by atomic mass is 19.2. The Hall–Kier alpha value is -3.03. The molecule has 22 heavy (non-hydrogen) atoms. The van der Waals surface area contributed by atoms with Crippen molar-refractivity contribution in [3.8, 4) is 0 Å². The van der Waals surface area contributed by atoms with E-state index in [2.05, 4.69) is 5.32 Å². The lowest BCUT2D eigenvalue weighted by Crippen LogP contribution is -2.27. The molecule has 2 rings (SSSR count). The lowest BCUT2D eigenvalue weighted by atomic mass is 10.3. The Labute approximate surface area is 122 Å². The zero-order valence-corrected chi connectivity index (χ0v) is 11.0. The number of carboxylic acids is 1. The van der Waals surface area contributed by atoms with Crippen molar-refractivity contribution in [2.75, 3.05) is 5.32 Å². The monoisotopic (exact) mass is 308 g/mol. The van der Waals surface area contributed by atoms with Gasteiger partial charge in [0.15, 0.2) is 11.6 Å². The van der Waals surface area contributed by atoms with Gasteiger partial charge in [-0.3, -0.25) is 9.59 Å². The van der Waals surface area contributed by atoms with E-state index >= 15 is 0 Å². The van der Waals surface area contributed by atoms with Gasteiger partial charge in [-0.05, 0) is 18.2 Å². The molecule has 2 N–H and O–H groups in total. The summed E-state index contributed by atoms with van der Waals surface area (Å²) in [5, 5.41) is 11.1. The molecule has 0 atom stereocenters. The molecule has 0 spiro atoms. The van der Waals surface area contributed by atoms with Gasteiger partial charge in [-0.15, -0.1) is 0 Å². The number of anilines is 1. The zero-order chi connectivity index (χ0) is 16.3. The van der Waals surface area contributed by atoms with E-state index in [4.69, 9.17) is 5.11 Å². The number of amides is 1. The molecule has 0 saturated heterocycles. The van der Waals surface area contributed by atoms with Crippen LogP contribution in [0.1, 0.15) is 10.4 Å². The number of aromatic carboxylic acids is 1. The van der Waals surface area contributed by atoms with Crippen LogP contribution in [-0.4, -0.2) is 21.6 Å². The van der Waals surface area contributed by atoms with Crippen LogP contribution >= 0.6 is 0 Å². The van der Waals surface area contributed by atoms with Gasteiger partial charge in [-0.1, -0.05) is 0 Å². The van der Waals surface area contributed by atoms with Gasteiger partial charge >= 0.3 is 5.97 Å². The van der Waals surface area contributed by atoms with E-state index in [0.29, 0.717) is 0 Å². The van der Waals surface area contributed by atoms with Crippen LogP contribution in [0.3, 0.4) is 0 Å². The molecule has 0 unspecified atom stereocenters. The summed E-state index contributed by atoms with van der Waals surface area (Å²) in [6.45, 7) is -0.459. The van der Waals surface area contributed by atoms with Crippen LogP contribution in [0.2, 0.25) is 0 Å². The first kappa shape index (κ1) is 15.4. The molecule has 2 aromatic rings. The van der Waals surface area contributed by atoms with Crippen molar-refractivity contribution >= 4 is 17.6 Å². The van der Waals surface area contributed by atoms with Crippen LogP contribution in [-0.2, 0) is 11.3 Å². The third kappa shape index (κ3) is 3.54. The third-order valence-electron chi connectivity index (χ3n) is 2.75. The van der Waals surface area contributed by atoms with Crippen LogP contribution in [0.15, 0.2) is 41.3 Å². The Bertz CT molecular complexity index is 802. The summed E-state index contributed by atoms with van der Waals surface area (Å²) in [5.74, 6) is -4.10. The molecule has 1 aromatic heterocycles. The number of hydrogen-bond acceptors (Lipinski definition) is 3. The lowest BCUT2D eigenvalue weighted by Gasteiger charge is -2.08. The van der Waals surface area contributed by atoms with Crippen molar-refractivity contribution in [3.05, 3.63) is 64.1 Å². The van der Waals surface area contributed by atoms with Crippen LogP contribution in [0.25, 0.3) is 0 Å². The predicted molar refractivity (Wildman–Crippen MR) is 72.6 cm³/mol. The quantitative estimate of drug-likeness (QED) is 0.895. The number of aromatic nitrogens is 1. The molecule has 0 aliphatic heterocycles. The third-order valence-corrected chi connectivity index (χ3v) is 2.75. The molecule has 1 amide bonds.